The minimum atomic E-state index is -0.355. The molecule has 0 spiro atoms. The number of hydrogen-bond donors (Lipinski definition) is 3. The van der Waals surface area contributed by atoms with Gasteiger partial charge in [-0.1, -0.05) is 60.1 Å². The van der Waals surface area contributed by atoms with Gasteiger partial charge in [-0.05, 0) is 72.0 Å². The number of allylic oxidation sites excluding steroid dienone is 8. The highest BCUT2D eigenvalue weighted by atomic mass is 16.3. The first kappa shape index (κ1) is 31.5. The first-order chi connectivity index (χ1) is 18.5. The van der Waals surface area contributed by atoms with Crippen molar-refractivity contribution in [2.24, 2.45) is 0 Å². The topological polar surface area (TPSA) is 84.2 Å². The van der Waals surface area contributed by atoms with E-state index < -0.39 is 0 Å². The summed E-state index contributed by atoms with van der Waals surface area (Å²) in [5.74, 6) is -0.334. The molecule has 0 saturated heterocycles. The number of nitrogens with zero attached hydrogens (tertiary/aromatic N) is 2. The van der Waals surface area contributed by atoms with Crippen LogP contribution < -0.4 is 9.80 Å². The molecule has 1 aromatic carbocycles. The number of carbonyl (C=O) groups is 1. The zero-order chi connectivity index (χ0) is 28.9. The van der Waals surface area contributed by atoms with Crippen molar-refractivity contribution in [3.05, 3.63) is 83.2 Å². The highest BCUT2D eigenvalue weighted by molar-refractivity contribution is 5.97. The number of phenolic OH excluding ortho intramolecular Hbond substituents is 2. The monoisotopic (exact) mass is 534 g/mol. The molecule has 1 unspecified atom stereocenters. The molecule has 3 N–H and O–H groups in total. The second kappa shape index (κ2) is 15.7. The van der Waals surface area contributed by atoms with Crippen LogP contribution in [0, 0.1) is 0 Å². The van der Waals surface area contributed by atoms with Crippen LogP contribution in [-0.4, -0.2) is 40.4 Å². The van der Waals surface area contributed by atoms with Gasteiger partial charge < -0.3 is 25.1 Å². The largest absolute Gasteiger partial charge is 0.508 e. The predicted octanol–water partition coefficient (Wildman–Crippen LogP) is 8.02. The fourth-order valence-corrected chi connectivity index (χ4v) is 4.54. The molecule has 2 rings (SSSR count). The standard InChI is InChI=1S/C33H46N2O4/c1-7-19-35(28-16-8-9-17-29(37)21-28)33-31(22-30(38)23-32(33)39)34(27(6)36)20-18-26(5)15-11-14-25(4)13-10-12-24(2)3/h8-9,12,14,16-18,21-23,28,37-39H,7,10-11,13,15,19-20H2,1-6H3/b25-14+,26-18+. The highest BCUT2D eigenvalue weighted by Crippen LogP contribution is 2.43. The Morgan fingerprint density at radius 2 is 1.59 bits per heavy atom. The molecule has 39 heavy (non-hydrogen) atoms. The molecule has 0 saturated carbocycles. The summed E-state index contributed by atoms with van der Waals surface area (Å²) < 4.78 is 0. The van der Waals surface area contributed by atoms with E-state index in [0.717, 1.165) is 37.7 Å². The van der Waals surface area contributed by atoms with Crippen molar-refractivity contribution in [2.45, 2.75) is 79.7 Å². The summed E-state index contributed by atoms with van der Waals surface area (Å²) in [6.07, 6.45) is 20.1. The number of anilines is 2. The van der Waals surface area contributed by atoms with Crippen molar-refractivity contribution in [2.75, 3.05) is 22.9 Å². The van der Waals surface area contributed by atoms with E-state index in [1.165, 1.54) is 30.2 Å². The third kappa shape index (κ3) is 10.2. The van der Waals surface area contributed by atoms with E-state index in [-0.39, 0.29) is 29.2 Å². The molecular weight excluding hydrogens is 488 g/mol. The molecule has 1 atom stereocenters. The normalized spacial score (nSPS) is 15.5. The minimum absolute atomic E-state index is 0.120. The van der Waals surface area contributed by atoms with E-state index in [4.69, 9.17) is 0 Å². The minimum Gasteiger partial charge on any atom is -0.508 e. The lowest BCUT2D eigenvalue weighted by atomic mass is 10.1. The molecule has 0 heterocycles. The van der Waals surface area contributed by atoms with Crippen molar-refractivity contribution in [3.8, 4) is 11.5 Å². The van der Waals surface area contributed by atoms with Gasteiger partial charge in [-0.25, -0.2) is 0 Å². The van der Waals surface area contributed by atoms with Crippen LogP contribution in [0.1, 0.15) is 73.6 Å². The van der Waals surface area contributed by atoms with Gasteiger partial charge >= 0.3 is 0 Å². The van der Waals surface area contributed by atoms with E-state index in [1.807, 2.05) is 30.1 Å². The fraction of sp³-hybridized carbons (Fsp3) is 0.424. The van der Waals surface area contributed by atoms with E-state index in [2.05, 4.69) is 39.8 Å². The molecule has 0 aliphatic heterocycles. The molecule has 6 nitrogen and oxygen atoms in total. The SMILES string of the molecule is CCCN(c1c(O)cc(O)cc1N(C/C=C(\C)CC/C=C(\C)CCC=C(C)C)C(C)=O)C1C=CC=CC(O)=C1. The predicted molar refractivity (Wildman–Crippen MR) is 164 cm³/mol. The van der Waals surface area contributed by atoms with Gasteiger partial charge in [0.1, 0.15) is 22.9 Å². The van der Waals surface area contributed by atoms with Crippen LogP contribution in [0.2, 0.25) is 0 Å². The van der Waals surface area contributed by atoms with Gasteiger partial charge in [0.25, 0.3) is 0 Å². The van der Waals surface area contributed by atoms with Crippen molar-refractivity contribution < 1.29 is 20.1 Å². The summed E-state index contributed by atoms with van der Waals surface area (Å²) in [5, 5.41) is 31.6. The number of aliphatic hydroxyl groups is 1. The Balaban J connectivity index is 2.32. The average molecular weight is 535 g/mol. The highest BCUT2D eigenvalue weighted by Gasteiger charge is 2.26. The maximum Gasteiger partial charge on any atom is 0.224 e. The molecular formula is C33H46N2O4. The van der Waals surface area contributed by atoms with E-state index in [9.17, 15) is 20.1 Å². The van der Waals surface area contributed by atoms with Gasteiger partial charge in [0.2, 0.25) is 5.91 Å². The summed E-state index contributed by atoms with van der Waals surface area (Å²) in [6, 6.07) is 2.45. The maximum atomic E-state index is 12.9. The molecule has 212 valence electrons. The van der Waals surface area contributed by atoms with Gasteiger partial charge in [-0.15, -0.1) is 0 Å². The van der Waals surface area contributed by atoms with Crippen molar-refractivity contribution >= 4 is 17.3 Å². The number of aliphatic hydroxyl groups excluding tert-OH is 1. The van der Waals surface area contributed by atoms with Crippen LogP contribution >= 0.6 is 0 Å². The van der Waals surface area contributed by atoms with E-state index in [0.29, 0.717) is 24.5 Å². The fourth-order valence-electron chi connectivity index (χ4n) is 4.54. The molecule has 0 aromatic heterocycles. The van der Waals surface area contributed by atoms with E-state index in [1.54, 1.807) is 23.1 Å². The lowest BCUT2D eigenvalue weighted by molar-refractivity contribution is -0.116. The van der Waals surface area contributed by atoms with Crippen LogP contribution in [0.15, 0.2) is 83.2 Å². The number of carbonyl (C=O) groups excluding carboxylic acids is 1. The quantitative estimate of drug-likeness (QED) is 0.223. The van der Waals surface area contributed by atoms with Crippen LogP contribution in [0.4, 0.5) is 11.4 Å². The summed E-state index contributed by atoms with van der Waals surface area (Å²) in [4.78, 5) is 16.4. The average Bonchev–Trinajstić information content (AvgIpc) is 3.06. The Morgan fingerprint density at radius 3 is 2.23 bits per heavy atom. The molecule has 0 fully saturated rings. The number of amides is 1. The van der Waals surface area contributed by atoms with E-state index >= 15 is 0 Å². The number of aromatic hydroxyl groups is 2. The third-order valence-corrected chi connectivity index (χ3v) is 6.61. The van der Waals surface area contributed by atoms with Gasteiger partial charge in [0.05, 0.1) is 11.7 Å². The second-order valence-corrected chi connectivity index (χ2v) is 10.4. The number of rotatable bonds is 13. The Labute approximate surface area is 234 Å². The van der Waals surface area contributed by atoms with Gasteiger partial charge in [-0.3, -0.25) is 4.79 Å². The Hall–Kier alpha value is -3.67. The Kier molecular flexibility index (Phi) is 12.7. The summed E-state index contributed by atoms with van der Waals surface area (Å²) >= 11 is 0. The van der Waals surface area contributed by atoms with Crippen molar-refractivity contribution in [3.63, 3.8) is 0 Å². The summed E-state index contributed by atoms with van der Waals surface area (Å²) in [6.45, 7) is 12.8. The summed E-state index contributed by atoms with van der Waals surface area (Å²) in [5.41, 5.74) is 4.74. The molecule has 1 aliphatic rings. The number of phenols is 2. The van der Waals surface area contributed by atoms with Crippen molar-refractivity contribution in [1.29, 1.82) is 0 Å². The molecule has 6 heteroatoms. The molecule has 0 bridgehead atoms. The zero-order valence-corrected chi connectivity index (χ0v) is 24.4. The van der Waals surface area contributed by atoms with Gasteiger partial charge in [0, 0.05) is 32.1 Å². The first-order valence-corrected chi connectivity index (χ1v) is 13.8. The number of hydrogen-bond acceptors (Lipinski definition) is 5. The smallest absolute Gasteiger partial charge is 0.224 e. The zero-order valence-electron chi connectivity index (χ0n) is 24.4. The van der Waals surface area contributed by atoms with Crippen molar-refractivity contribution in [1.82, 2.24) is 0 Å². The van der Waals surface area contributed by atoms with Crippen LogP contribution in [0.25, 0.3) is 0 Å². The second-order valence-electron chi connectivity index (χ2n) is 10.4. The Morgan fingerprint density at radius 1 is 0.923 bits per heavy atom. The summed E-state index contributed by atoms with van der Waals surface area (Å²) in [7, 11) is 0. The first-order valence-electron chi connectivity index (χ1n) is 13.8. The molecule has 0 radical (unpaired) electrons. The molecule has 1 aromatic rings. The van der Waals surface area contributed by atoms with Crippen LogP contribution in [-0.2, 0) is 4.79 Å². The molecule has 1 aliphatic carbocycles. The van der Waals surface area contributed by atoms with Crippen LogP contribution in [0.3, 0.4) is 0 Å². The van der Waals surface area contributed by atoms with Gasteiger partial charge in [0.15, 0.2) is 0 Å². The third-order valence-electron chi connectivity index (χ3n) is 6.61. The lowest BCUT2D eigenvalue weighted by Gasteiger charge is -2.34. The maximum absolute atomic E-state index is 12.9. The Bertz CT molecular complexity index is 1170. The number of benzene rings is 1. The van der Waals surface area contributed by atoms with Gasteiger partial charge in [-0.2, -0.15) is 0 Å². The lowest BCUT2D eigenvalue weighted by Crippen LogP contribution is -2.37. The van der Waals surface area contributed by atoms with Crippen LogP contribution in [0.5, 0.6) is 11.5 Å². The molecule has 1 amide bonds.